The van der Waals surface area contributed by atoms with E-state index in [0.717, 1.165) is 0 Å². The molecule has 0 aromatic heterocycles. The molecule has 0 heterocycles. The Kier molecular flexibility index (Phi) is 34.9. The third-order valence-corrected chi connectivity index (χ3v) is 2.12. The van der Waals surface area contributed by atoms with Crippen molar-refractivity contribution in [2.24, 2.45) is 0 Å². The minimum atomic E-state index is -0.215. The largest absolute Gasteiger partial charge is 0.501 e. The first-order valence-electron chi connectivity index (χ1n) is 7.95. The molecule has 1 unspecified atom stereocenters. The molecule has 0 bridgehead atoms. The summed E-state index contributed by atoms with van der Waals surface area (Å²) in [6, 6.07) is 0. The number of rotatable bonds is 17. The molecule has 0 saturated carbocycles. The third-order valence-electron chi connectivity index (χ3n) is 2.12. The summed E-state index contributed by atoms with van der Waals surface area (Å²) in [5, 5.41) is 0. The van der Waals surface area contributed by atoms with Crippen molar-refractivity contribution < 1.29 is 43.2 Å². The maximum absolute atomic E-state index is 5.54. The zero-order valence-corrected chi connectivity index (χ0v) is 16.6. The van der Waals surface area contributed by atoms with E-state index in [1.165, 1.54) is 39.3 Å². The van der Waals surface area contributed by atoms with Gasteiger partial charge in [-0.05, 0) is 0 Å². The van der Waals surface area contributed by atoms with E-state index in [1.807, 2.05) is 0 Å². The van der Waals surface area contributed by atoms with Crippen molar-refractivity contribution in [1.29, 1.82) is 0 Å². The topological polar surface area (TPSA) is 83.1 Å². The first kappa shape index (κ1) is 29.7. The molecule has 1 atom stereocenters. The molecule has 0 amide bonds. The highest BCUT2D eigenvalue weighted by Gasteiger charge is 2.09. The lowest BCUT2D eigenvalue weighted by atomic mass is 10.4. The van der Waals surface area contributed by atoms with Crippen molar-refractivity contribution in [1.82, 2.24) is 0 Å². The van der Waals surface area contributed by atoms with Crippen LogP contribution in [0.5, 0.6) is 0 Å². The van der Waals surface area contributed by atoms with Gasteiger partial charge in [-0.25, -0.2) is 0 Å². The van der Waals surface area contributed by atoms with Gasteiger partial charge < -0.3 is 33.5 Å². The normalized spacial score (nSPS) is 11.1. The van der Waals surface area contributed by atoms with Crippen LogP contribution in [0.1, 0.15) is 0 Å². The van der Waals surface area contributed by atoms with Crippen molar-refractivity contribution in [3.8, 4) is 0 Å². The average Bonchev–Trinajstić information content (AvgIpc) is 2.72. The first-order valence-corrected chi connectivity index (χ1v) is 7.95. The lowest BCUT2D eigenvalue weighted by molar-refractivity contribution is -0.261. The highest BCUT2D eigenvalue weighted by molar-refractivity contribution is 4.57. The van der Waals surface area contributed by atoms with E-state index >= 15 is 0 Å². The summed E-state index contributed by atoms with van der Waals surface area (Å²) < 4.78 is 25.2. The molecule has 0 aliphatic rings. The molecule has 160 valence electrons. The van der Waals surface area contributed by atoms with Crippen LogP contribution < -0.4 is 0 Å². The monoisotopic (exact) mass is 394 g/mol. The molecule has 0 N–H and O–H groups in total. The van der Waals surface area contributed by atoms with Crippen LogP contribution in [-0.4, -0.2) is 67.1 Å². The van der Waals surface area contributed by atoms with Crippen LogP contribution >= 0.6 is 0 Å². The van der Waals surface area contributed by atoms with Crippen LogP contribution in [0.15, 0.2) is 51.4 Å². The Bertz CT molecular complexity index is 309. The van der Waals surface area contributed by atoms with Gasteiger partial charge in [-0.3, -0.25) is 0 Å². The molecule has 0 radical (unpaired) electrons. The highest BCUT2D eigenvalue weighted by atomic mass is 17.2. The van der Waals surface area contributed by atoms with Gasteiger partial charge in [0.25, 0.3) is 0 Å². The van der Waals surface area contributed by atoms with Crippen LogP contribution in [0.2, 0.25) is 0 Å². The first-order chi connectivity index (χ1) is 13.3. The fourth-order valence-electron chi connectivity index (χ4n) is 1.22. The molecule has 0 aromatic carbocycles. The van der Waals surface area contributed by atoms with Gasteiger partial charge in [-0.15, -0.1) is 26.3 Å². The Balaban J connectivity index is -0.00000134. The van der Waals surface area contributed by atoms with E-state index < -0.39 is 0 Å². The van der Waals surface area contributed by atoms with Crippen LogP contribution in [0, 0.1) is 0 Å². The smallest absolute Gasteiger partial charge is 0.163 e. The molecule has 0 fully saturated rings. The number of methoxy groups -OCH3 is 3. The Morgan fingerprint density at radius 1 is 0.667 bits per heavy atom. The summed E-state index contributed by atoms with van der Waals surface area (Å²) >= 11 is 0. The fraction of sp³-hybridized carbons (Fsp3) is 0.556. The van der Waals surface area contributed by atoms with E-state index in [9.17, 15) is 0 Å². The molecular weight excluding hydrogens is 360 g/mol. The molecule has 0 aliphatic heterocycles. The van der Waals surface area contributed by atoms with Gasteiger partial charge >= 0.3 is 0 Å². The second kappa shape index (κ2) is 31.7. The Labute approximate surface area is 162 Å². The standard InChI is InChI=1S/C14H26O9.2C2H4/c1-15-4-8-20-22-10-6-18-13-14(12-17-3)19-7-11-23-21-9-5-16-2;2*1-2/h4-5,8-9,14H,6-7,10-13H2,1-3H3;2*1-2H2/b8-4+,9-5-;;. The summed E-state index contributed by atoms with van der Waals surface area (Å²) in [6.45, 7) is 14.0. The van der Waals surface area contributed by atoms with Crippen LogP contribution in [0.25, 0.3) is 0 Å². The molecule has 9 nitrogen and oxygen atoms in total. The van der Waals surface area contributed by atoms with Crippen molar-refractivity contribution in [3.63, 3.8) is 0 Å². The summed E-state index contributed by atoms with van der Waals surface area (Å²) in [7, 11) is 4.60. The van der Waals surface area contributed by atoms with Gasteiger partial charge in [0.2, 0.25) is 0 Å². The molecule has 0 rings (SSSR count). The third kappa shape index (κ3) is 29.0. The predicted octanol–water partition coefficient (Wildman–Crippen LogP) is 2.77. The van der Waals surface area contributed by atoms with Crippen LogP contribution in [-0.2, 0) is 43.2 Å². The Morgan fingerprint density at radius 2 is 1.19 bits per heavy atom. The van der Waals surface area contributed by atoms with Crippen molar-refractivity contribution >= 4 is 0 Å². The van der Waals surface area contributed by atoms with Gasteiger partial charge in [0.05, 0.1) is 40.6 Å². The van der Waals surface area contributed by atoms with Crippen LogP contribution in [0.3, 0.4) is 0 Å². The molecular formula is C18H34O9. The minimum Gasteiger partial charge on any atom is -0.501 e. The van der Waals surface area contributed by atoms with E-state index in [1.54, 1.807) is 7.11 Å². The molecule has 0 spiro atoms. The lowest BCUT2D eigenvalue weighted by Gasteiger charge is -2.16. The second-order valence-electron chi connectivity index (χ2n) is 3.88. The minimum absolute atomic E-state index is 0.215. The van der Waals surface area contributed by atoms with Gasteiger partial charge in [0, 0.05) is 7.11 Å². The molecule has 0 aromatic rings. The summed E-state index contributed by atoms with van der Waals surface area (Å²) in [6.07, 6.45) is 5.03. The van der Waals surface area contributed by atoms with Gasteiger partial charge in [0.15, 0.2) is 12.5 Å². The van der Waals surface area contributed by atoms with E-state index in [-0.39, 0.29) is 19.3 Å². The predicted molar refractivity (Wildman–Crippen MR) is 101 cm³/mol. The van der Waals surface area contributed by atoms with Crippen LogP contribution in [0.4, 0.5) is 0 Å². The molecule has 0 saturated heterocycles. The van der Waals surface area contributed by atoms with E-state index in [2.05, 4.69) is 45.6 Å². The van der Waals surface area contributed by atoms with Crippen molar-refractivity contribution in [2.45, 2.75) is 6.10 Å². The van der Waals surface area contributed by atoms with Crippen molar-refractivity contribution in [3.05, 3.63) is 51.4 Å². The summed E-state index contributed by atoms with van der Waals surface area (Å²) in [5.74, 6) is 0. The summed E-state index contributed by atoms with van der Waals surface area (Å²) in [4.78, 5) is 19.0. The van der Waals surface area contributed by atoms with Gasteiger partial charge in [0.1, 0.15) is 31.8 Å². The quantitative estimate of drug-likeness (QED) is 0.122. The average molecular weight is 394 g/mol. The molecule has 9 heteroatoms. The highest BCUT2D eigenvalue weighted by Crippen LogP contribution is 1.96. The number of hydrogen-bond acceptors (Lipinski definition) is 9. The fourth-order valence-corrected chi connectivity index (χ4v) is 1.22. The van der Waals surface area contributed by atoms with Gasteiger partial charge in [-0.1, -0.05) is 0 Å². The maximum atomic E-state index is 5.54. The number of hydrogen-bond donors (Lipinski definition) is 0. The lowest BCUT2D eigenvalue weighted by Crippen LogP contribution is -2.27. The Morgan fingerprint density at radius 3 is 1.67 bits per heavy atom. The zero-order valence-electron chi connectivity index (χ0n) is 16.6. The second-order valence-corrected chi connectivity index (χ2v) is 3.88. The SMILES string of the molecule is C=C.C=C.CO/C=C\OOCCOC(COC)COCCOO/C=C/OC. The molecule has 27 heavy (non-hydrogen) atoms. The summed E-state index contributed by atoms with van der Waals surface area (Å²) in [5.41, 5.74) is 0. The maximum Gasteiger partial charge on any atom is 0.163 e. The van der Waals surface area contributed by atoms with Gasteiger partial charge in [-0.2, -0.15) is 9.78 Å². The zero-order chi connectivity index (χ0) is 21.0. The molecule has 0 aliphatic carbocycles. The van der Waals surface area contributed by atoms with Crippen molar-refractivity contribution in [2.75, 3.05) is 61.0 Å². The van der Waals surface area contributed by atoms with E-state index in [4.69, 9.17) is 24.0 Å². The number of ether oxygens (including phenoxy) is 5. The van der Waals surface area contributed by atoms with E-state index in [0.29, 0.717) is 26.4 Å². The Hall–Kier alpha value is -2.04.